The lowest BCUT2D eigenvalue weighted by Crippen LogP contribution is -2.28. The highest BCUT2D eigenvalue weighted by molar-refractivity contribution is 5.56. The largest absolute Gasteiger partial charge is 0.369 e. The lowest BCUT2D eigenvalue weighted by atomic mass is 10.1. The fourth-order valence-corrected chi connectivity index (χ4v) is 2.64. The number of nitrogens with zero attached hydrogens (tertiary/aromatic N) is 1. The van der Waals surface area contributed by atoms with Gasteiger partial charge in [-0.3, -0.25) is 0 Å². The highest BCUT2D eigenvalue weighted by Gasteiger charge is 2.29. The summed E-state index contributed by atoms with van der Waals surface area (Å²) in [7, 11) is 0. The molecule has 0 radical (unpaired) electrons. The molecule has 106 valence electrons. The lowest BCUT2D eigenvalue weighted by Gasteiger charge is -2.26. The van der Waals surface area contributed by atoms with E-state index in [0.717, 1.165) is 25.7 Å². The highest BCUT2D eigenvalue weighted by Crippen LogP contribution is 2.33. The summed E-state index contributed by atoms with van der Waals surface area (Å²) in [4.78, 5) is 2.58. The minimum absolute atomic E-state index is 0.707. The molecule has 1 aliphatic rings. The van der Waals surface area contributed by atoms with E-state index in [1.54, 1.807) is 0 Å². The summed E-state index contributed by atoms with van der Waals surface area (Å²) >= 11 is 0. The van der Waals surface area contributed by atoms with Crippen LogP contribution in [0.4, 0.5) is 5.69 Å². The van der Waals surface area contributed by atoms with Crippen LogP contribution in [0.1, 0.15) is 44.7 Å². The predicted octanol–water partition coefficient (Wildman–Crippen LogP) is 3.73. The Morgan fingerprint density at radius 2 is 2.05 bits per heavy atom. The molecule has 1 saturated carbocycles. The summed E-state index contributed by atoms with van der Waals surface area (Å²) in [6.45, 7) is 12.2. The molecule has 0 heterocycles. The lowest BCUT2D eigenvalue weighted by molar-refractivity contribution is 0.552. The van der Waals surface area contributed by atoms with Crippen LogP contribution in [-0.2, 0) is 6.54 Å². The van der Waals surface area contributed by atoms with Crippen molar-refractivity contribution >= 4 is 5.69 Å². The third-order valence-electron chi connectivity index (χ3n) is 3.74. The first-order valence-corrected chi connectivity index (χ1v) is 7.68. The Balaban J connectivity index is 2.12. The minimum Gasteiger partial charge on any atom is -0.369 e. The van der Waals surface area contributed by atoms with E-state index in [9.17, 15) is 0 Å². The molecule has 1 fully saturated rings. The van der Waals surface area contributed by atoms with Crippen molar-refractivity contribution in [3.05, 3.63) is 29.3 Å². The predicted molar refractivity (Wildman–Crippen MR) is 83.8 cm³/mol. The van der Waals surface area contributed by atoms with Gasteiger partial charge in [0.05, 0.1) is 0 Å². The average molecular weight is 260 g/mol. The summed E-state index contributed by atoms with van der Waals surface area (Å²) < 4.78 is 0. The maximum Gasteiger partial charge on any atom is 0.0414 e. The van der Waals surface area contributed by atoms with Gasteiger partial charge < -0.3 is 10.2 Å². The molecule has 0 spiro atoms. The van der Waals surface area contributed by atoms with Crippen LogP contribution >= 0.6 is 0 Å². The fourth-order valence-electron chi connectivity index (χ4n) is 2.64. The Hall–Kier alpha value is -1.02. The van der Waals surface area contributed by atoms with E-state index in [-0.39, 0.29) is 0 Å². The minimum atomic E-state index is 0.707. The zero-order valence-electron chi connectivity index (χ0n) is 12.9. The molecule has 0 amide bonds. The van der Waals surface area contributed by atoms with Crippen LogP contribution in [0.15, 0.2) is 18.2 Å². The number of anilines is 1. The molecule has 0 saturated heterocycles. The van der Waals surface area contributed by atoms with Crippen molar-refractivity contribution in [3.8, 4) is 0 Å². The van der Waals surface area contributed by atoms with Crippen molar-refractivity contribution in [2.45, 2.75) is 53.1 Å². The molecule has 2 rings (SSSR count). The Bertz CT molecular complexity index is 408. The van der Waals surface area contributed by atoms with Crippen LogP contribution in [0.3, 0.4) is 0 Å². The van der Waals surface area contributed by atoms with E-state index in [0.29, 0.717) is 5.92 Å². The molecule has 2 nitrogen and oxygen atoms in total. The first-order valence-electron chi connectivity index (χ1n) is 7.68. The standard InChI is InChI=1S/C17H28N2/c1-5-19(16-7-8-16)17-9-6-14(4)10-15(17)12-18-11-13(2)3/h6,9-10,13,16,18H,5,7-8,11-12H2,1-4H3. The van der Waals surface area contributed by atoms with Gasteiger partial charge in [0.25, 0.3) is 0 Å². The van der Waals surface area contributed by atoms with E-state index in [1.165, 1.54) is 29.7 Å². The second-order valence-corrected chi connectivity index (χ2v) is 6.17. The van der Waals surface area contributed by atoms with Crippen molar-refractivity contribution < 1.29 is 0 Å². The van der Waals surface area contributed by atoms with Gasteiger partial charge in [0.1, 0.15) is 0 Å². The van der Waals surface area contributed by atoms with E-state index in [2.05, 4.69) is 56.1 Å². The van der Waals surface area contributed by atoms with Gasteiger partial charge in [0.2, 0.25) is 0 Å². The maximum absolute atomic E-state index is 3.58. The summed E-state index contributed by atoms with van der Waals surface area (Å²) in [5.74, 6) is 0.707. The van der Waals surface area contributed by atoms with Crippen LogP contribution in [0.2, 0.25) is 0 Å². The molecule has 0 atom stereocenters. The summed E-state index contributed by atoms with van der Waals surface area (Å²) in [6, 6.07) is 7.68. The zero-order valence-corrected chi connectivity index (χ0v) is 12.9. The number of hydrogen-bond acceptors (Lipinski definition) is 2. The monoisotopic (exact) mass is 260 g/mol. The number of aryl methyl sites for hydroxylation is 1. The van der Waals surface area contributed by atoms with Crippen LogP contribution in [0.5, 0.6) is 0 Å². The van der Waals surface area contributed by atoms with Gasteiger partial charge in [0, 0.05) is 24.8 Å². The first kappa shape index (κ1) is 14.4. The van der Waals surface area contributed by atoms with Gasteiger partial charge in [-0.1, -0.05) is 31.5 Å². The van der Waals surface area contributed by atoms with Crippen LogP contribution < -0.4 is 10.2 Å². The number of nitrogens with one attached hydrogen (secondary N) is 1. The summed E-state index contributed by atoms with van der Waals surface area (Å²) in [6.07, 6.45) is 2.72. The van der Waals surface area contributed by atoms with Crippen LogP contribution in [0.25, 0.3) is 0 Å². The van der Waals surface area contributed by atoms with Gasteiger partial charge in [-0.05, 0) is 50.8 Å². The normalized spacial score (nSPS) is 15.0. The van der Waals surface area contributed by atoms with Crippen molar-refractivity contribution in [2.75, 3.05) is 18.0 Å². The fraction of sp³-hybridized carbons (Fsp3) is 0.647. The number of rotatable bonds is 7. The Morgan fingerprint density at radius 1 is 1.32 bits per heavy atom. The molecule has 19 heavy (non-hydrogen) atoms. The maximum atomic E-state index is 3.58. The third-order valence-corrected chi connectivity index (χ3v) is 3.74. The first-order chi connectivity index (χ1) is 9.11. The SMILES string of the molecule is CCN(c1ccc(C)cc1CNCC(C)C)C1CC1. The molecule has 2 heteroatoms. The van der Waals surface area contributed by atoms with Gasteiger partial charge >= 0.3 is 0 Å². The molecule has 1 N–H and O–H groups in total. The summed E-state index contributed by atoms with van der Waals surface area (Å²) in [5, 5.41) is 3.58. The van der Waals surface area contributed by atoms with Crippen molar-refractivity contribution in [2.24, 2.45) is 5.92 Å². The quantitative estimate of drug-likeness (QED) is 0.803. The molecule has 0 aliphatic heterocycles. The topological polar surface area (TPSA) is 15.3 Å². The van der Waals surface area contributed by atoms with Gasteiger partial charge in [-0.2, -0.15) is 0 Å². The third kappa shape index (κ3) is 3.97. The van der Waals surface area contributed by atoms with Crippen molar-refractivity contribution in [3.63, 3.8) is 0 Å². The summed E-state index contributed by atoms with van der Waals surface area (Å²) in [5.41, 5.74) is 4.25. The Morgan fingerprint density at radius 3 is 2.63 bits per heavy atom. The van der Waals surface area contributed by atoms with E-state index >= 15 is 0 Å². The van der Waals surface area contributed by atoms with Gasteiger partial charge in [-0.15, -0.1) is 0 Å². The van der Waals surface area contributed by atoms with Crippen molar-refractivity contribution in [1.29, 1.82) is 0 Å². The van der Waals surface area contributed by atoms with Crippen molar-refractivity contribution in [1.82, 2.24) is 5.32 Å². The zero-order chi connectivity index (χ0) is 13.8. The highest BCUT2D eigenvalue weighted by atomic mass is 15.2. The Labute approximate surface area is 118 Å². The van der Waals surface area contributed by atoms with E-state index < -0.39 is 0 Å². The second-order valence-electron chi connectivity index (χ2n) is 6.17. The molecule has 0 aromatic heterocycles. The van der Waals surface area contributed by atoms with Crippen LogP contribution in [0, 0.1) is 12.8 Å². The number of hydrogen-bond donors (Lipinski definition) is 1. The van der Waals surface area contributed by atoms with Crippen LogP contribution in [-0.4, -0.2) is 19.1 Å². The van der Waals surface area contributed by atoms with Gasteiger partial charge in [0.15, 0.2) is 0 Å². The van der Waals surface area contributed by atoms with E-state index in [1.807, 2.05) is 0 Å². The smallest absolute Gasteiger partial charge is 0.0414 e. The second kappa shape index (κ2) is 6.42. The molecular formula is C17H28N2. The average Bonchev–Trinajstić information content (AvgIpc) is 3.16. The molecule has 1 aliphatic carbocycles. The molecule has 1 aromatic carbocycles. The van der Waals surface area contributed by atoms with E-state index in [4.69, 9.17) is 0 Å². The molecule has 0 bridgehead atoms. The molecule has 1 aromatic rings. The Kier molecular flexibility index (Phi) is 4.87. The number of benzene rings is 1. The van der Waals surface area contributed by atoms with Gasteiger partial charge in [-0.25, -0.2) is 0 Å². The molecular weight excluding hydrogens is 232 g/mol. The molecule has 0 unspecified atom stereocenters.